The lowest BCUT2D eigenvalue weighted by atomic mass is 9.99. The number of carbonyl (C=O) groups excluding carboxylic acids is 3. The first kappa shape index (κ1) is 60.4. The Kier molecular flexibility index (Phi) is 47.6. The zero-order chi connectivity index (χ0) is 45.4. The maximum absolute atomic E-state index is 12.8. The van der Waals surface area contributed by atoms with Gasteiger partial charge in [-0.2, -0.15) is 0 Å². The van der Waals surface area contributed by atoms with Gasteiger partial charge in [-0.25, -0.2) is 0 Å². The van der Waals surface area contributed by atoms with Crippen LogP contribution in [0.3, 0.4) is 0 Å². The van der Waals surface area contributed by atoms with E-state index in [2.05, 4.69) is 34.6 Å². The van der Waals surface area contributed by atoms with Crippen molar-refractivity contribution < 1.29 is 28.6 Å². The van der Waals surface area contributed by atoms with Crippen LogP contribution in [-0.2, 0) is 28.6 Å². The molecule has 0 aliphatic rings. The van der Waals surface area contributed by atoms with E-state index in [1.807, 2.05) is 0 Å². The highest BCUT2D eigenvalue weighted by Gasteiger charge is 2.19. The summed E-state index contributed by atoms with van der Waals surface area (Å²) >= 11 is 0. The van der Waals surface area contributed by atoms with Crippen LogP contribution in [0.1, 0.15) is 311 Å². The van der Waals surface area contributed by atoms with Crippen molar-refractivity contribution >= 4 is 17.9 Å². The molecule has 6 nitrogen and oxygen atoms in total. The highest BCUT2D eigenvalue weighted by atomic mass is 16.6. The van der Waals surface area contributed by atoms with Crippen LogP contribution >= 0.6 is 0 Å². The van der Waals surface area contributed by atoms with Crippen molar-refractivity contribution in [1.82, 2.24) is 0 Å². The van der Waals surface area contributed by atoms with Crippen molar-refractivity contribution in [2.45, 2.75) is 317 Å². The zero-order valence-electron chi connectivity index (χ0n) is 42.5. The molecule has 6 heteroatoms. The summed E-state index contributed by atoms with van der Waals surface area (Å²) in [5.41, 5.74) is 0. The fraction of sp³-hybridized carbons (Fsp3) is 0.946. The molecule has 0 rings (SSSR count). The number of rotatable bonds is 50. The maximum atomic E-state index is 12.8. The first-order valence-corrected chi connectivity index (χ1v) is 27.8. The molecule has 0 saturated heterocycles. The lowest BCUT2D eigenvalue weighted by Crippen LogP contribution is -2.30. The molecule has 0 spiro atoms. The maximum Gasteiger partial charge on any atom is 0.306 e. The Bertz CT molecular complexity index is 951. The van der Waals surface area contributed by atoms with Gasteiger partial charge in [0.1, 0.15) is 13.2 Å². The average Bonchev–Trinajstić information content (AvgIpc) is 3.27. The van der Waals surface area contributed by atoms with E-state index in [0.29, 0.717) is 19.3 Å². The predicted molar refractivity (Wildman–Crippen MR) is 266 cm³/mol. The average molecular weight is 877 g/mol. The summed E-state index contributed by atoms with van der Waals surface area (Å²) in [6.07, 6.45) is 50.9. The third-order valence-electron chi connectivity index (χ3n) is 13.4. The van der Waals surface area contributed by atoms with E-state index in [4.69, 9.17) is 14.2 Å². The van der Waals surface area contributed by atoms with Gasteiger partial charge in [0.05, 0.1) is 0 Å². The summed E-state index contributed by atoms with van der Waals surface area (Å²) in [7, 11) is 0. The Labute approximate surface area is 387 Å². The summed E-state index contributed by atoms with van der Waals surface area (Å²) in [4.78, 5) is 38.0. The van der Waals surface area contributed by atoms with Gasteiger partial charge in [0, 0.05) is 19.3 Å². The fourth-order valence-electron chi connectivity index (χ4n) is 8.46. The fourth-order valence-corrected chi connectivity index (χ4v) is 8.46. The summed E-state index contributed by atoms with van der Waals surface area (Å²) in [6.45, 7) is 11.4. The molecule has 0 heterocycles. The number of unbranched alkanes of at least 4 members (excludes halogenated alkanes) is 33. The molecule has 0 fully saturated rings. The second-order valence-corrected chi connectivity index (χ2v) is 19.7. The first-order valence-electron chi connectivity index (χ1n) is 27.8. The van der Waals surface area contributed by atoms with Gasteiger partial charge in [0.25, 0.3) is 0 Å². The molecule has 0 aromatic rings. The molecule has 0 amide bonds. The van der Waals surface area contributed by atoms with E-state index in [0.717, 1.165) is 69.6 Å². The van der Waals surface area contributed by atoms with Crippen molar-refractivity contribution in [2.75, 3.05) is 13.2 Å². The quantitative estimate of drug-likeness (QED) is 0.0344. The Hall–Kier alpha value is -1.59. The van der Waals surface area contributed by atoms with Gasteiger partial charge in [-0.05, 0) is 31.1 Å². The van der Waals surface area contributed by atoms with Gasteiger partial charge in [-0.3, -0.25) is 14.4 Å². The number of esters is 3. The molecule has 368 valence electrons. The minimum atomic E-state index is -0.762. The molecule has 0 bridgehead atoms. The SMILES string of the molecule is CCCCCCCCCCCCC(=O)OC[C@H](COC(=O)CCCCCCCCCCCCCCCCCCCCC(C)CC)OC(=O)CCCCCCCCCCC(C)CC. The highest BCUT2D eigenvalue weighted by molar-refractivity contribution is 5.71. The van der Waals surface area contributed by atoms with Crippen LogP contribution in [0.5, 0.6) is 0 Å². The van der Waals surface area contributed by atoms with Gasteiger partial charge in [-0.15, -0.1) is 0 Å². The predicted octanol–water partition coefficient (Wildman–Crippen LogP) is 18.1. The molecule has 3 atom stereocenters. The van der Waals surface area contributed by atoms with Gasteiger partial charge < -0.3 is 14.2 Å². The number of hydrogen-bond donors (Lipinski definition) is 0. The number of carbonyl (C=O) groups is 3. The Morgan fingerprint density at radius 1 is 0.323 bits per heavy atom. The molecule has 62 heavy (non-hydrogen) atoms. The van der Waals surface area contributed by atoms with Crippen LogP contribution in [0.25, 0.3) is 0 Å². The normalized spacial score (nSPS) is 12.9. The lowest BCUT2D eigenvalue weighted by molar-refractivity contribution is -0.167. The van der Waals surface area contributed by atoms with Gasteiger partial charge in [-0.1, -0.05) is 272 Å². The molecule has 0 saturated carbocycles. The first-order chi connectivity index (χ1) is 30.3. The van der Waals surface area contributed by atoms with E-state index >= 15 is 0 Å². The number of hydrogen-bond acceptors (Lipinski definition) is 6. The standard InChI is InChI=1S/C56H108O6/c1-6-9-10-11-12-13-25-31-36-41-46-54(57)60-49-53(62-56(59)48-43-38-33-28-27-30-35-40-45-52(5)8-3)50-61-55(58)47-42-37-32-26-23-21-19-17-15-14-16-18-20-22-24-29-34-39-44-51(4)7-2/h51-53H,6-50H2,1-5H3/t51?,52?,53-/m1/s1. The van der Waals surface area contributed by atoms with Crippen molar-refractivity contribution in [3.05, 3.63) is 0 Å². The topological polar surface area (TPSA) is 78.9 Å². The van der Waals surface area contributed by atoms with E-state index in [1.54, 1.807) is 0 Å². The van der Waals surface area contributed by atoms with E-state index in [9.17, 15) is 14.4 Å². The van der Waals surface area contributed by atoms with Crippen molar-refractivity contribution in [1.29, 1.82) is 0 Å². The highest BCUT2D eigenvalue weighted by Crippen LogP contribution is 2.19. The van der Waals surface area contributed by atoms with Gasteiger partial charge in [0.2, 0.25) is 0 Å². The molecule has 0 radical (unpaired) electrons. The number of ether oxygens (including phenoxy) is 3. The van der Waals surface area contributed by atoms with E-state index in [-0.39, 0.29) is 31.1 Å². The molecular weight excluding hydrogens is 769 g/mol. The Balaban J connectivity index is 4.18. The van der Waals surface area contributed by atoms with Crippen LogP contribution in [0.4, 0.5) is 0 Å². The largest absolute Gasteiger partial charge is 0.462 e. The second kappa shape index (κ2) is 48.9. The minimum absolute atomic E-state index is 0.0636. The van der Waals surface area contributed by atoms with Crippen LogP contribution in [0.2, 0.25) is 0 Å². The summed E-state index contributed by atoms with van der Waals surface area (Å²) in [5.74, 6) is 0.907. The third kappa shape index (κ3) is 46.4. The van der Waals surface area contributed by atoms with Crippen molar-refractivity contribution in [2.24, 2.45) is 11.8 Å². The minimum Gasteiger partial charge on any atom is -0.462 e. The van der Waals surface area contributed by atoms with Gasteiger partial charge in [0.15, 0.2) is 6.10 Å². The van der Waals surface area contributed by atoms with Crippen LogP contribution in [-0.4, -0.2) is 37.2 Å². The summed E-state index contributed by atoms with van der Waals surface area (Å²) in [5, 5.41) is 0. The Morgan fingerprint density at radius 3 is 0.839 bits per heavy atom. The van der Waals surface area contributed by atoms with E-state index in [1.165, 1.54) is 199 Å². The van der Waals surface area contributed by atoms with Crippen LogP contribution < -0.4 is 0 Å². The van der Waals surface area contributed by atoms with Crippen LogP contribution in [0.15, 0.2) is 0 Å². The molecule has 2 unspecified atom stereocenters. The lowest BCUT2D eigenvalue weighted by Gasteiger charge is -2.18. The summed E-state index contributed by atoms with van der Waals surface area (Å²) in [6, 6.07) is 0. The monoisotopic (exact) mass is 877 g/mol. The molecule has 0 aromatic carbocycles. The van der Waals surface area contributed by atoms with E-state index < -0.39 is 6.10 Å². The van der Waals surface area contributed by atoms with Crippen molar-refractivity contribution in [3.8, 4) is 0 Å². The molecule has 0 aliphatic carbocycles. The zero-order valence-corrected chi connectivity index (χ0v) is 42.5. The van der Waals surface area contributed by atoms with Crippen LogP contribution in [0, 0.1) is 11.8 Å². The smallest absolute Gasteiger partial charge is 0.306 e. The Morgan fingerprint density at radius 2 is 0.565 bits per heavy atom. The molecule has 0 N–H and O–H groups in total. The molecular formula is C56H108O6. The second-order valence-electron chi connectivity index (χ2n) is 19.7. The van der Waals surface area contributed by atoms with Gasteiger partial charge >= 0.3 is 17.9 Å². The van der Waals surface area contributed by atoms with Crippen molar-refractivity contribution in [3.63, 3.8) is 0 Å². The molecule has 0 aromatic heterocycles. The summed E-state index contributed by atoms with van der Waals surface area (Å²) < 4.78 is 16.8. The third-order valence-corrected chi connectivity index (χ3v) is 13.4. The molecule has 0 aliphatic heterocycles.